The van der Waals surface area contributed by atoms with Crippen LogP contribution >= 0.6 is 0 Å². The minimum Gasteiger partial charge on any atom is -0.485 e. The zero-order chi connectivity index (χ0) is 19.3. The van der Waals surface area contributed by atoms with E-state index in [4.69, 9.17) is 13.9 Å². The number of hydrogen-bond acceptors (Lipinski definition) is 5. The highest BCUT2D eigenvalue weighted by Gasteiger charge is 2.39. The number of esters is 1. The van der Waals surface area contributed by atoms with Gasteiger partial charge in [-0.2, -0.15) is 0 Å². The first kappa shape index (κ1) is 18.2. The number of rotatable bonds is 4. The van der Waals surface area contributed by atoms with E-state index in [2.05, 4.69) is 6.58 Å². The second-order valence-electron chi connectivity index (χ2n) is 7.88. The van der Waals surface area contributed by atoms with Crippen molar-refractivity contribution >= 4 is 16.9 Å². The molecule has 2 heterocycles. The van der Waals surface area contributed by atoms with E-state index in [-0.39, 0.29) is 17.7 Å². The standard InChI is InChI=1S/C21H24O5/c1-7-20(3,4)15-9-13-8-14-10-18(21(5,6)26-12(2)22)24-16(14)11-17(13)25-19(15)23/h7-9,11,18H,1,10H2,2-6H3/t18-/m0/s1. The highest BCUT2D eigenvalue weighted by atomic mass is 16.6. The number of carbonyl (C=O) groups is 1. The lowest BCUT2D eigenvalue weighted by Crippen LogP contribution is -2.43. The molecule has 5 heteroatoms. The number of fused-ring (bicyclic) bond motifs is 2. The van der Waals surface area contributed by atoms with E-state index in [1.54, 1.807) is 12.1 Å². The van der Waals surface area contributed by atoms with E-state index in [1.165, 1.54) is 6.92 Å². The van der Waals surface area contributed by atoms with Crippen LogP contribution in [-0.4, -0.2) is 17.7 Å². The molecule has 0 saturated carbocycles. The van der Waals surface area contributed by atoms with Crippen molar-refractivity contribution in [3.05, 3.63) is 52.4 Å². The van der Waals surface area contributed by atoms with Crippen molar-refractivity contribution in [1.82, 2.24) is 0 Å². The van der Waals surface area contributed by atoms with Gasteiger partial charge in [-0.05, 0) is 31.5 Å². The molecule has 0 amide bonds. The number of allylic oxidation sites excluding steroid dienone is 1. The fraction of sp³-hybridized carbons (Fsp3) is 0.429. The van der Waals surface area contributed by atoms with Gasteiger partial charge >= 0.3 is 11.6 Å². The summed E-state index contributed by atoms with van der Waals surface area (Å²) in [4.78, 5) is 23.7. The summed E-state index contributed by atoms with van der Waals surface area (Å²) in [5, 5.41) is 0.836. The third-order valence-corrected chi connectivity index (χ3v) is 4.98. The monoisotopic (exact) mass is 356 g/mol. The molecule has 1 aliphatic heterocycles. The predicted octanol–water partition coefficient (Wildman–Crippen LogP) is 3.90. The first-order valence-corrected chi connectivity index (χ1v) is 8.64. The Morgan fingerprint density at radius 2 is 1.96 bits per heavy atom. The smallest absolute Gasteiger partial charge is 0.340 e. The highest BCUT2D eigenvalue weighted by molar-refractivity contribution is 5.80. The van der Waals surface area contributed by atoms with Gasteiger partial charge < -0.3 is 13.9 Å². The van der Waals surface area contributed by atoms with Crippen LogP contribution in [0, 0.1) is 0 Å². The SMILES string of the molecule is C=CC(C)(C)c1cc2cc3c(cc2oc1=O)O[C@H](C(C)(C)OC(C)=O)C3. The molecule has 0 spiro atoms. The molecule has 1 atom stereocenters. The number of benzene rings is 1. The minimum absolute atomic E-state index is 0.297. The van der Waals surface area contributed by atoms with E-state index in [0.29, 0.717) is 23.3 Å². The first-order chi connectivity index (χ1) is 12.0. The van der Waals surface area contributed by atoms with Crippen molar-refractivity contribution in [2.45, 2.75) is 58.2 Å². The summed E-state index contributed by atoms with van der Waals surface area (Å²) in [6.45, 7) is 12.7. The predicted molar refractivity (Wildman–Crippen MR) is 99.7 cm³/mol. The quantitative estimate of drug-likeness (QED) is 0.472. The van der Waals surface area contributed by atoms with Crippen molar-refractivity contribution in [1.29, 1.82) is 0 Å². The number of ether oxygens (including phenoxy) is 2. The third kappa shape index (κ3) is 3.14. The molecule has 2 aromatic rings. The van der Waals surface area contributed by atoms with Crippen LogP contribution < -0.4 is 10.4 Å². The summed E-state index contributed by atoms with van der Waals surface area (Å²) < 4.78 is 16.9. The van der Waals surface area contributed by atoms with Crippen LogP contribution in [0.3, 0.4) is 0 Å². The fourth-order valence-electron chi connectivity index (χ4n) is 3.24. The van der Waals surface area contributed by atoms with Crippen molar-refractivity contribution in [3.63, 3.8) is 0 Å². The zero-order valence-corrected chi connectivity index (χ0v) is 15.8. The van der Waals surface area contributed by atoms with Gasteiger partial charge in [-0.15, -0.1) is 6.58 Å². The molecule has 1 aromatic heterocycles. The molecule has 26 heavy (non-hydrogen) atoms. The summed E-state index contributed by atoms with van der Waals surface area (Å²) in [6.07, 6.45) is 2.05. The number of carbonyl (C=O) groups excluding carboxylic acids is 1. The Kier molecular flexibility index (Phi) is 4.21. The van der Waals surface area contributed by atoms with E-state index in [9.17, 15) is 9.59 Å². The fourth-order valence-corrected chi connectivity index (χ4v) is 3.24. The van der Waals surface area contributed by atoms with Crippen LogP contribution in [0.2, 0.25) is 0 Å². The van der Waals surface area contributed by atoms with Crippen molar-refractivity contribution in [3.8, 4) is 5.75 Å². The molecular formula is C21H24O5. The Morgan fingerprint density at radius 3 is 2.58 bits per heavy atom. The average Bonchev–Trinajstić information content (AvgIpc) is 2.94. The van der Waals surface area contributed by atoms with E-state index < -0.39 is 11.0 Å². The van der Waals surface area contributed by atoms with Gasteiger partial charge in [-0.1, -0.05) is 19.9 Å². The van der Waals surface area contributed by atoms with Crippen LogP contribution in [0.15, 0.2) is 40.1 Å². The lowest BCUT2D eigenvalue weighted by molar-refractivity contribution is -0.161. The van der Waals surface area contributed by atoms with Gasteiger partial charge in [0.25, 0.3) is 0 Å². The van der Waals surface area contributed by atoms with Gasteiger partial charge in [0, 0.05) is 35.8 Å². The summed E-state index contributed by atoms with van der Waals surface area (Å²) in [7, 11) is 0. The van der Waals surface area contributed by atoms with Gasteiger partial charge in [-0.25, -0.2) is 4.79 Å². The first-order valence-electron chi connectivity index (χ1n) is 8.64. The normalized spacial score (nSPS) is 16.9. The number of hydrogen-bond donors (Lipinski definition) is 0. The maximum Gasteiger partial charge on any atom is 0.340 e. The maximum absolute atomic E-state index is 12.4. The lowest BCUT2D eigenvalue weighted by Gasteiger charge is -2.30. The van der Waals surface area contributed by atoms with Gasteiger partial charge in [0.05, 0.1) is 0 Å². The van der Waals surface area contributed by atoms with Crippen LogP contribution in [-0.2, 0) is 21.4 Å². The van der Waals surface area contributed by atoms with E-state index in [1.807, 2.05) is 39.8 Å². The molecule has 0 unspecified atom stereocenters. The van der Waals surface area contributed by atoms with Crippen molar-refractivity contribution < 1.29 is 18.7 Å². The Hall–Kier alpha value is -2.56. The average molecular weight is 356 g/mol. The largest absolute Gasteiger partial charge is 0.485 e. The third-order valence-electron chi connectivity index (χ3n) is 4.98. The molecule has 1 aromatic carbocycles. The molecule has 0 bridgehead atoms. The Morgan fingerprint density at radius 1 is 1.27 bits per heavy atom. The molecule has 0 fully saturated rings. The molecule has 0 aliphatic carbocycles. The van der Waals surface area contributed by atoms with Gasteiger partial charge in [-0.3, -0.25) is 4.79 Å². The second kappa shape index (κ2) is 6.01. The van der Waals surface area contributed by atoms with E-state index >= 15 is 0 Å². The summed E-state index contributed by atoms with van der Waals surface area (Å²) >= 11 is 0. The lowest BCUT2D eigenvalue weighted by atomic mass is 9.85. The molecule has 0 saturated heterocycles. The Balaban J connectivity index is 2.02. The molecule has 5 nitrogen and oxygen atoms in total. The Labute approximate surface area is 152 Å². The molecule has 3 rings (SSSR count). The second-order valence-corrected chi connectivity index (χ2v) is 7.88. The topological polar surface area (TPSA) is 65.7 Å². The molecule has 1 aliphatic rings. The van der Waals surface area contributed by atoms with Gasteiger partial charge in [0.2, 0.25) is 0 Å². The van der Waals surface area contributed by atoms with Crippen LogP contribution in [0.5, 0.6) is 5.75 Å². The van der Waals surface area contributed by atoms with E-state index in [0.717, 1.165) is 10.9 Å². The highest BCUT2D eigenvalue weighted by Crippen LogP contribution is 2.38. The molecule has 0 N–H and O–H groups in total. The van der Waals surface area contributed by atoms with Crippen LogP contribution in [0.25, 0.3) is 11.0 Å². The van der Waals surface area contributed by atoms with Crippen molar-refractivity contribution in [2.24, 2.45) is 0 Å². The van der Waals surface area contributed by atoms with Gasteiger partial charge in [0.1, 0.15) is 23.0 Å². The summed E-state index contributed by atoms with van der Waals surface area (Å²) in [5.74, 6) is 0.309. The molecular weight excluding hydrogens is 332 g/mol. The molecule has 0 radical (unpaired) electrons. The van der Waals surface area contributed by atoms with Crippen molar-refractivity contribution in [2.75, 3.05) is 0 Å². The summed E-state index contributed by atoms with van der Waals surface area (Å²) in [5.41, 5.74) is 0.424. The minimum atomic E-state index is -0.756. The van der Waals surface area contributed by atoms with Crippen LogP contribution in [0.4, 0.5) is 0 Å². The van der Waals surface area contributed by atoms with Crippen LogP contribution in [0.1, 0.15) is 45.7 Å². The molecule has 138 valence electrons. The Bertz CT molecular complexity index is 949. The zero-order valence-electron chi connectivity index (χ0n) is 15.8. The maximum atomic E-state index is 12.4. The summed E-state index contributed by atoms with van der Waals surface area (Å²) in [6, 6.07) is 5.56. The van der Waals surface area contributed by atoms with Gasteiger partial charge in [0.15, 0.2) is 0 Å².